The van der Waals surface area contributed by atoms with Crippen molar-refractivity contribution in [1.82, 2.24) is 19.9 Å². The molecule has 1 aromatic carbocycles. The maximum absolute atomic E-state index is 6.04. The second-order valence-corrected chi connectivity index (χ2v) is 5.72. The van der Waals surface area contributed by atoms with E-state index in [4.69, 9.17) is 11.6 Å². The lowest BCUT2D eigenvalue weighted by Gasteiger charge is -2.04. The number of aromatic nitrogens is 4. The zero-order chi connectivity index (χ0) is 15.6. The molecule has 4 rings (SSSR count). The van der Waals surface area contributed by atoms with Crippen LogP contribution in [0.3, 0.4) is 0 Å². The third-order valence-electron chi connectivity index (χ3n) is 3.72. The van der Waals surface area contributed by atoms with Gasteiger partial charge >= 0.3 is 0 Å². The molecule has 4 aromatic rings. The van der Waals surface area contributed by atoms with Crippen LogP contribution in [-0.4, -0.2) is 19.9 Å². The van der Waals surface area contributed by atoms with Gasteiger partial charge < -0.3 is 4.98 Å². The number of pyridine rings is 1. The van der Waals surface area contributed by atoms with E-state index in [1.165, 1.54) is 0 Å². The molecule has 0 amide bonds. The molecule has 3 aromatic heterocycles. The van der Waals surface area contributed by atoms with Crippen LogP contribution < -0.4 is 0 Å². The molecule has 0 atom stereocenters. The van der Waals surface area contributed by atoms with E-state index in [0.29, 0.717) is 6.42 Å². The van der Waals surface area contributed by atoms with E-state index >= 15 is 0 Å². The van der Waals surface area contributed by atoms with Crippen molar-refractivity contribution in [2.24, 2.45) is 0 Å². The predicted octanol–water partition coefficient (Wildman–Crippen LogP) is 4.26. The van der Waals surface area contributed by atoms with Gasteiger partial charge in [-0.2, -0.15) is 0 Å². The van der Waals surface area contributed by atoms with Crippen LogP contribution in [0.2, 0.25) is 5.02 Å². The van der Waals surface area contributed by atoms with Gasteiger partial charge in [0.25, 0.3) is 0 Å². The first-order valence-corrected chi connectivity index (χ1v) is 7.65. The van der Waals surface area contributed by atoms with Crippen molar-refractivity contribution in [3.05, 3.63) is 77.6 Å². The number of rotatable bonds is 3. The van der Waals surface area contributed by atoms with E-state index in [-0.39, 0.29) is 0 Å². The molecular formula is C18H13ClN4. The Hall–Kier alpha value is -2.72. The fourth-order valence-corrected chi connectivity index (χ4v) is 2.85. The highest BCUT2D eigenvalue weighted by Crippen LogP contribution is 2.26. The maximum atomic E-state index is 6.04. The molecule has 0 aliphatic rings. The minimum absolute atomic E-state index is 0.648. The summed E-state index contributed by atoms with van der Waals surface area (Å²) in [6.45, 7) is 0. The van der Waals surface area contributed by atoms with Crippen molar-refractivity contribution in [2.45, 2.75) is 6.42 Å². The molecule has 112 valence electrons. The number of nitrogens with one attached hydrogen (secondary N) is 1. The van der Waals surface area contributed by atoms with Crippen molar-refractivity contribution in [1.29, 1.82) is 0 Å². The summed E-state index contributed by atoms with van der Waals surface area (Å²) >= 11 is 6.04. The molecule has 1 N–H and O–H groups in total. The molecule has 0 unspecified atom stereocenters. The Morgan fingerprint density at radius 1 is 1.09 bits per heavy atom. The Morgan fingerprint density at radius 3 is 2.96 bits per heavy atom. The van der Waals surface area contributed by atoms with Gasteiger partial charge in [-0.15, -0.1) is 0 Å². The van der Waals surface area contributed by atoms with Crippen LogP contribution in [0.4, 0.5) is 0 Å². The average Bonchev–Trinajstić information content (AvgIpc) is 2.99. The summed E-state index contributed by atoms with van der Waals surface area (Å²) in [5.41, 5.74) is 4.05. The number of H-pyrrole nitrogens is 1. The topological polar surface area (TPSA) is 54.5 Å². The van der Waals surface area contributed by atoms with Crippen molar-refractivity contribution in [3.63, 3.8) is 0 Å². The van der Waals surface area contributed by atoms with E-state index in [0.717, 1.165) is 38.6 Å². The monoisotopic (exact) mass is 320 g/mol. The van der Waals surface area contributed by atoms with Crippen molar-refractivity contribution in [2.75, 3.05) is 0 Å². The summed E-state index contributed by atoms with van der Waals surface area (Å²) in [7, 11) is 0. The molecular weight excluding hydrogens is 308 g/mol. The molecule has 0 aliphatic carbocycles. The third kappa shape index (κ3) is 2.81. The van der Waals surface area contributed by atoms with Crippen LogP contribution in [0.15, 0.2) is 61.2 Å². The van der Waals surface area contributed by atoms with Gasteiger partial charge in [0.2, 0.25) is 0 Å². The lowest BCUT2D eigenvalue weighted by atomic mass is 10.1. The Morgan fingerprint density at radius 2 is 2.04 bits per heavy atom. The molecule has 0 aliphatic heterocycles. The quantitative estimate of drug-likeness (QED) is 0.613. The van der Waals surface area contributed by atoms with Gasteiger partial charge in [-0.25, -0.2) is 9.97 Å². The van der Waals surface area contributed by atoms with Crippen molar-refractivity contribution >= 4 is 22.5 Å². The average molecular weight is 321 g/mol. The number of aromatic amines is 1. The van der Waals surface area contributed by atoms with Gasteiger partial charge in [0.1, 0.15) is 5.82 Å². The number of halogens is 1. The minimum atomic E-state index is 0.648. The second-order valence-electron chi connectivity index (χ2n) is 5.29. The van der Waals surface area contributed by atoms with Crippen LogP contribution >= 0.6 is 11.6 Å². The summed E-state index contributed by atoms with van der Waals surface area (Å²) in [6.07, 6.45) is 8.01. The van der Waals surface area contributed by atoms with E-state index in [9.17, 15) is 0 Å². The van der Waals surface area contributed by atoms with Crippen molar-refractivity contribution < 1.29 is 0 Å². The molecule has 5 heteroatoms. The van der Waals surface area contributed by atoms with Gasteiger partial charge in [0.15, 0.2) is 0 Å². The zero-order valence-electron chi connectivity index (χ0n) is 12.2. The van der Waals surface area contributed by atoms with Gasteiger partial charge in [0.05, 0.1) is 5.69 Å². The van der Waals surface area contributed by atoms with Gasteiger partial charge in [0, 0.05) is 52.7 Å². The summed E-state index contributed by atoms with van der Waals surface area (Å²) in [5, 5.41) is 1.78. The van der Waals surface area contributed by atoms with Crippen LogP contribution in [0.25, 0.3) is 22.2 Å². The number of nitrogens with zero attached hydrogens (tertiary/aromatic N) is 3. The van der Waals surface area contributed by atoms with Gasteiger partial charge in [-0.1, -0.05) is 23.7 Å². The molecule has 23 heavy (non-hydrogen) atoms. The molecule has 0 radical (unpaired) electrons. The molecule has 0 spiro atoms. The van der Waals surface area contributed by atoms with E-state index in [1.54, 1.807) is 12.4 Å². The zero-order valence-corrected chi connectivity index (χ0v) is 13.0. The first-order valence-electron chi connectivity index (χ1n) is 7.27. The second kappa shape index (κ2) is 5.82. The summed E-state index contributed by atoms with van der Waals surface area (Å²) in [4.78, 5) is 16.5. The highest BCUT2D eigenvalue weighted by atomic mass is 35.5. The minimum Gasteiger partial charge on any atom is -0.360 e. The molecule has 0 saturated carbocycles. The Balaban J connectivity index is 1.71. The lowest BCUT2D eigenvalue weighted by molar-refractivity contribution is 0.972. The van der Waals surface area contributed by atoms with Gasteiger partial charge in [-0.05, 0) is 29.8 Å². The normalized spacial score (nSPS) is 11.0. The van der Waals surface area contributed by atoms with Gasteiger partial charge in [-0.3, -0.25) is 4.98 Å². The van der Waals surface area contributed by atoms with Crippen molar-refractivity contribution in [3.8, 4) is 11.3 Å². The Labute approximate surface area is 138 Å². The maximum Gasteiger partial charge on any atom is 0.133 e. The summed E-state index contributed by atoms with van der Waals surface area (Å²) in [5.74, 6) is 0.767. The smallest absolute Gasteiger partial charge is 0.133 e. The summed E-state index contributed by atoms with van der Waals surface area (Å²) < 4.78 is 0. The third-order valence-corrected chi connectivity index (χ3v) is 3.95. The van der Waals surface area contributed by atoms with E-state index in [2.05, 4.69) is 19.9 Å². The molecule has 4 nitrogen and oxygen atoms in total. The molecule has 0 fully saturated rings. The largest absolute Gasteiger partial charge is 0.360 e. The van der Waals surface area contributed by atoms with E-state index in [1.807, 2.05) is 48.8 Å². The standard InChI is InChI=1S/C18H13ClN4/c19-13-3-1-2-12(8-13)9-18-21-7-5-17(23-18)15-11-22-16-4-6-20-10-14(15)16/h1-8,10-11,22H,9H2. The lowest BCUT2D eigenvalue weighted by Crippen LogP contribution is -1.97. The molecule has 0 bridgehead atoms. The highest BCUT2D eigenvalue weighted by molar-refractivity contribution is 6.30. The highest BCUT2D eigenvalue weighted by Gasteiger charge is 2.09. The Kier molecular flexibility index (Phi) is 3.52. The SMILES string of the molecule is Clc1cccc(Cc2nccc(-c3c[nH]c4ccncc34)n2)c1. The van der Waals surface area contributed by atoms with Crippen LogP contribution in [0.1, 0.15) is 11.4 Å². The number of hydrogen-bond acceptors (Lipinski definition) is 3. The molecule has 0 saturated heterocycles. The predicted molar refractivity (Wildman–Crippen MR) is 91.4 cm³/mol. The fraction of sp³-hybridized carbons (Fsp3) is 0.0556. The van der Waals surface area contributed by atoms with Crippen LogP contribution in [0.5, 0.6) is 0 Å². The number of hydrogen-bond donors (Lipinski definition) is 1. The van der Waals surface area contributed by atoms with Crippen LogP contribution in [0, 0.1) is 0 Å². The number of benzene rings is 1. The summed E-state index contributed by atoms with van der Waals surface area (Å²) in [6, 6.07) is 11.6. The van der Waals surface area contributed by atoms with Crippen LogP contribution in [-0.2, 0) is 6.42 Å². The first kappa shape index (κ1) is 13.9. The Bertz CT molecular complexity index is 977. The fourth-order valence-electron chi connectivity index (χ4n) is 2.64. The molecule has 3 heterocycles. The van der Waals surface area contributed by atoms with E-state index < -0.39 is 0 Å². The first-order chi connectivity index (χ1) is 11.3. The number of fused-ring (bicyclic) bond motifs is 1.